The van der Waals surface area contributed by atoms with Gasteiger partial charge in [0.25, 0.3) is 5.91 Å². The maximum atomic E-state index is 12.0. The van der Waals surface area contributed by atoms with E-state index in [9.17, 15) is 9.59 Å². The third kappa shape index (κ3) is 5.07. The molecule has 2 aromatic rings. The van der Waals surface area contributed by atoms with Crippen LogP contribution in [0.1, 0.15) is 34.3 Å². The minimum absolute atomic E-state index is 0.0501. The number of primary amides is 1. The normalized spacial score (nSPS) is 17.1. The fourth-order valence-corrected chi connectivity index (χ4v) is 3.58. The fraction of sp³-hybridized carbons (Fsp3) is 0.381. The molecule has 1 aromatic heterocycles. The standard InChI is InChI=1S/C21H27N5O2/c1-23-21(28)18-8-3-9-24-20(18)25-12-15-5-2-6-16(11-15)13-26-10-4-7-17(14-26)19(22)27/h2-3,5-6,8-9,11,17H,4,7,10,12-14H2,1H3,(H2,22,27)(H,23,28)(H,24,25). The molecule has 7 heteroatoms. The summed E-state index contributed by atoms with van der Waals surface area (Å²) in [7, 11) is 1.60. The summed E-state index contributed by atoms with van der Waals surface area (Å²) < 4.78 is 0. The van der Waals surface area contributed by atoms with Gasteiger partial charge in [0.05, 0.1) is 11.5 Å². The topological polar surface area (TPSA) is 100 Å². The Bertz CT molecular complexity index is 839. The van der Waals surface area contributed by atoms with E-state index in [4.69, 9.17) is 5.73 Å². The lowest BCUT2D eigenvalue weighted by molar-refractivity contribution is -0.123. The van der Waals surface area contributed by atoms with Gasteiger partial charge in [0.1, 0.15) is 5.82 Å². The van der Waals surface area contributed by atoms with Crippen molar-refractivity contribution in [3.05, 3.63) is 59.3 Å². The third-order valence-corrected chi connectivity index (χ3v) is 5.04. The first kappa shape index (κ1) is 19.8. The number of nitrogens with two attached hydrogens (primary N) is 1. The van der Waals surface area contributed by atoms with Gasteiger partial charge in [-0.1, -0.05) is 24.3 Å². The van der Waals surface area contributed by atoms with Crippen molar-refractivity contribution in [3.63, 3.8) is 0 Å². The summed E-state index contributed by atoms with van der Waals surface area (Å²) in [6.07, 6.45) is 3.54. The largest absolute Gasteiger partial charge is 0.369 e. The van der Waals surface area contributed by atoms with Crippen molar-refractivity contribution in [2.75, 3.05) is 25.5 Å². The molecule has 0 aliphatic carbocycles. The Hall–Kier alpha value is -2.93. The summed E-state index contributed by atoms with van der Waals surface area (Å²) in [5.74, 6) is 0.141. The first-order valence-electron chi connectivity index (χ1n) is 9.57. The lowest BCUT2D eigenvalue weighted by atomic mass is 9.97. The smallest absolute Gasteiger partial charge is 0.254 e. The maximum absolute atomic E-state index is 12.0. The van der Waals surface area contributed by atoms with Crippen LogP contribution in [0.2, 0.25) is 0 Å². The van der Waals surface area contributed by atoms with Gasteiger partial charge >= 0.3 is 0 Å². The third-order valence-electron chi connectivity index (χ3n) is 5.04. The number of carbonyl (C=O) groups is 2. The summed E-state index contributed by atoms with van der Waals surface area (Å²) in [4.78, 5) is 30.0. The van der Waals surface area contributed by atoms with Crippen molar-refractivity contribution < 1.29 is 9.59 Å². The van der Waals surface area contributed by atoms with Gasteiger partial charge in [-0.3, -0.25) is 14.5 Å². The SMILES string of the molecule is CNC(=O)c1cccnc1NCc1cccc(CN2CCCC(C(N)=O)C2)c1. The number of likely N-dealkylation sites (tertiary alicyclic amines) is 1. The highest BCUT2D eigenvalue weighted by atomic mass is 16.2. The van der Waals surface area contributed by atoms with E-state index in [-0.39, 0.29) is 17.7 Å². The molecule has 1 fully saturated rings. The summed E-state index contributed by atoms with van der Waals surface area (Å²) >= 11 is 0. The van der Waals surface area contributed by atoms with Gasteiger partial charge in [0, 0.05) is 32.9 Å². The molecule has 0 radical (unpaired) electrons. The number of benzene rings is 1. The number of nitrogens with zero attached hydrogens (tertiary/aromatic N) is 2. The van der Waals surface area contributed by atoms with Crippen LogP contribution in [0.15, 0.2) is 42.6 Å². The number of carbonyl (C=O) groups excluding carboxylic acids is 2. The Morgan fingerprint density at radius 2 is 2.07 bits per heavy atom. The highest BCUT2D eigenvalue weighted by molar-refractivity contribution is 5.98. The van der Waals surface area contributed by atoms with E-state index in [0.29, 0.717) is 17.9 Å². The number of nitrogens with one attached hydrogen (secondary N) is 2. The zero-order valence-corrected chi connectivity index (χ0v) is 16.1. The minimum Gasteiger partial charge on any atom is -0.369 e. The molecule has 1 unspecified atom stereocenters. The van der Waals surface area contributed by atoms with Crippen molar-refractivity contribution in [2.45, 2.75) is 25.9 Å². The number of hydrogen-bond donors (Lipinski definition) is 3. The number of anilines is 1. The van der Waals surface area contributed by atoms with E-state index in [1.807, 2.05) is 12.1 Å². The van der Waals surface area contributed by atoms with E-state index in [1.165, 1.54) is 5.56 Å². The Kier molecular flexibility index (Phi) is 6.60. The second-order valence-electron chi connectivity index (χ2n) is 7.13. The molecule has 1 aliphatic heterocycles. The Labute approximate surface area is 165 Å². The Morgan fingerprint density at radius 1 is 1.25 bits per heavy atom. The average Bonchev–Trinajstić information content (AvgIpc) is 2.72. The molecule has 0 spiro atoms. The summed E-state index contributed by atoms with van der Waals surface area (Å²) in [5.41, 5.74) is 8.29. The van der Waals surface area contributed by atoms with Crippen molar-refractivity contribution in [1.29, 1.82) is 0 Å². The molecule has 148 valence electrons. The molecule has 4 N–H and O–H groups in total. The van der Waals surface area contributed by atoms with Crippen LogP contribution < -0.4 is 16.4 Å². The van der Waals surface area contributed by atoms with Gasteiger partial charge in [0.2, 0.25) is 5.91 Å². The van der Waals surface area contributed by atoms with Gasteiger partial charge < -0.3 is 16.4 Å². The summed E-state index contributed by atoms with van der Waals surface area (Å²) in [5, 5.41) is 5.88. The predicted octanol–water partition coefficient (Wildman–Crippen LogP) is 1.75. The first-order chi connectivity index (χ1) is 13.6. The van der Waals surface area contributed by atoms with E-state index >= 15 is 0 Å². The number of pyridine rings is 1. The van der Waals surface area contributed by atoms with E-state index in [1.54, 1.807) is 25.4 Å². The number of hydrogen-bond acceptors (Lipinski definition) is 5. The van der Waals surface area contributed by atoms with Crippen LogP contribution in [0.3, 0.4) is 0 Å². The highest BCUT2D eigenvalue weighted by Crippen LogP contribution is 2.19. The van der Waals surface area contributed by atoms with Gasteiger partial charge in [-0.25, -0.2) is 4.98 Å². The molecule has 1 atom stereocenters. The van der Waals surface area contributed by atoms with Crippen LogP contribution in [-0.4, -0.2) is 41.8 Å². The second-order valence-corrected chi connectivity index (χ2v) is 7.13. The molecule has 2 heterocycles. The number of aromatic nitrogens is 1. The lowest BCUT2D eigenvalue weighted by Crippen LogP contribution is -2.40. The van der Waals surface area contributed by atoms with Crippen molar-refractivity contribution in [3.8, 4) is 0 Å². The van der Waals surface area contributed by atoms with Crippen molar-refractivity contribution in [2.24, 2.45) is 11.7 Å². The van der Waals surface area contributed by atoms with Crippen LogP contribution >= 0.6 is 0 Å². The van der Waals surface area contributed by atoms with Crippen molar-refractivity contribution in [1.82, 2.24) is 15.2 Å². The Morgan fingerprint density at radius 3 is 2.86 bits per heavy atom. The monoisotopic (exact) mass is 381 g/mol. The fourth-order valence-electron chi connectivity index (χ4n) is 3.58. The molecule has 28 heavy (non-hydrogen) atoms. The van der Waals surface area contributed by atoms with Crippen LogP contribution in [0, 0.1) is 5.92 Å². The summed E-state index contributed by atoms with van der Waals surface area (Å²) in [6.45, 7) is 3.07. The highest BCUT2D eigenvalue weighted by Gasteiger charge is 2.23. The van der Waals surface area contributed by atoms with Gasteiger partial charge in [-0.2, -0.15) is 0 Å². The summed E-state index contributed by atoms with van der Waals surface area (Å²) in [6, 6.07) is 11.8. The maximum Gasteiger partial charge on any atom is 0.254 e. The van der Waals surface area contributed by atoms with Crippen LogP contribution in [0.5, 0.6) is 0 Å². The quantitative estimate of drug-likeness (QED) is 0.678. The lowest BCUT2D eigenvalue weighted by Gasteiger charge is -2.31. The first-order valence-corrected chi connectivity index (χ1v) is 9.57. The predicted molar refractivity (Wildman–Crippen MR) is 109 cm³/mol. The van der Waals surface area contributed by atoms with Crippen molar-refractivity contribution >= 4 is 17.6 Å². The van der Waals surface area contributed by atoms with E-state index in [2.05, 4.69) is 32.7 Å². The molecule has 0 saturated carbocycles. The minimum atomic E-state index is -0.204. The Balaban J connectivity index is 1.63. The average molecular weight is 381 g/mol. The molecule has 3 rings (SSSR count). The number of piperidine rings is 1. The van der Waals surface area contributed by atoms with Gasteiger partial charge in [-0.15, -0.1) is 0 Å². The molecule has 1 aromatic carbocycles. The van der Waals surface area contributed by atoms with Crippen LogP contribution in [-0.2, 0) is 17.9 Å². The molecule has 0 bridgehead atoms. The van der Waals surface area contributed by atoms with E-state index < -0.39 is 0 Å². The molecule has 7 nitrogen and oxygen atoms in total. The van der Waals surface area contributed by atoms with E-state index in [0.717, 1.165) is 38.0 Å². The molecular weight excluding hydrogens is 354 g/mol. The number of rotatable bonds is 7. The van der Waals surface area contributed by atoms with Crippen LogP contribution in [0.25, 0.3) is 0 Å². The molecular formula is C21H27N5O2. The molecule has 1 aliphatic rings. The van der Waals surface area contributed by atoms with Gasteiger partial charge in [-0.05, 0) is 42.6 Å². The zero-order valence-electron chi connectivity index (χ0n) is 16.1. The molecule has 2 amide bonds. The zero-order chi connectivity index (χ0) is 19.9. The second kappa shape index (κ2) is 9.32. The van der Waals surface area contributed by atoms with Crippen LogP contribution in [0.4, 0.5) is 5.82 Å². The number of amides is 2. The van der Waals surface area contributed by atoms with Gasteiger partial charge in [0.15, 0.2) is 0 Å². The molecule has 1 saturated heterocycles.